The van der Waals surface area contributed by atoms with Crippen LogP contribution >= 0.6 is 0 Å². The summed E-state index contributed by atoms with van der Waals surface area (Å²) in [5.41, 5.74) is 7.15. The number of hydrogen-bond acceptors (Lipinski definition) is 3. The lowest BCUT2D eigenvalue weighted by molar-refractivity contribution is -0.117. The number of carbonyl (C=O) groups is 1. The van der Waals surface area contributed by atoms with Gasteiger partial charge in [-0.2, -0.15) is 0 Å². The second kappa shape index (κ2) is 5.48. The van der Waals surface area contributed by atoms with E-state index in [1.807, 2.05) is 24.3 Å². The molecule has 0 saturated heterocycles. The molecule has 1 rings (SSSR count). The predicted octanol–water partition coefficient (Wildman–Crippen LogP) is 1.12. The van der Waals surface area contributed by atoms with Crippen LogP contribution in [0, 0.1) is 0 Å². The van der Waals surface area contributed by atoms with Crippen molar-refractivity contribution in [2.24, 2.45) is 5.73 Å². The normalized spacial score (nSPS) is 12.2. The molecule has 1 atom stereocenters. The van der Waals surface area contributed by atoms with Crippen molar-refractivity contribution in [1.82, 2.24) is 0 Å². The standard InChI is InChI=1S/C11H16N2O2/c1-8(12)11(14)13-10-6-4-3-5-9(10)7-15-2/h3-6,8H,7,12H2,1-2H3,(H,13,14)/t8-/m0/s1. The Bertz CT molecular complexity index is 337. The van der Waals surface area contributed by atoms with Crippen LogP contribution in [0.25, 0.3) is 0 Å². The Morgan fingerprint density at radius 1 is 1.53 bits per heavy atom. The summed E-state index contributed by atoms with van der Waals surface area (Å²) >= 11 is 0. The van der Waals surface area contributed by atoms with Gasteiger partial charge in [-0.1, -0.05) is 18.2 Å². The number of methoxy groups -OCH3 is 1. The first-order valence-electron chi connectivity index (χ1n) is 4.78. The van der Waals surface area contributed by atoms with E-state index in [2.05, 4.69) is 5.32 Å². The van der Waals surface area contributed by atoms with Gasteiger partial charge in [0.1, 0.15) is 0 Å². The molecular formula is C11H16N2O2. The molecule has 3 N–H and O–H groups in total. The van der Waals surface area contributed by atoms with Crippen molar-refractivity contribution in [3.8, 4) is 0 Å². The van der Waals surface area contributed by atoms with Crippen molar-refractivity contribution < 1.29 is 9.53 Å². The molecule has 1 amide bonds. The van der Waals surface area contributed by atoms with Crippen LogP contribution in [0.5, 0.6) is 0 Å². The van der Waals surface area contributed by atoms with Crippen LogP contribution in [-0.2, 0) is 16.1 Å². The predicted molar refractivity (Wildman–Crippen MR) is 59.4 cm³/mol. The van der Waals surface area contributed by atoms with Crippen molar-refractivity contribution in [2.45, 2.75) is 19.6 Å². The zero-order valence-electron chi connectivity index (χ0n) is 8.99. The van der Waals surface area contributed by atoms with Crippen molar-refractivity contribution in [1.29, 1.82) is 0 Å². The smallest absolute Gasteiger partial charge is 0.241 e. The maximum atomic E-state index is 11.4. The molecule has 0 aliphatic carbocycles. The molecule has 0 aliphatic heterocycles. The average molecular weight is 208 g/mol. The zero-order chi connectivity index (χ0) is 11.3. The lowest BCUT2D eigenvalue weighted by atomic mass is 10.2. The monoisotopic (exact) mass is 208 g/mol. The minimum atomic E-state index is -0.513. The van der Waals surface area contributed by atoms with Crippen LogP contribution in [0.4, 0.5) is 5.69 Å². The highest BCUT2D eigenvalue weighted by Crippen LogP contribution is 2.15. The molecule has 0 heterocycles. The molecule has 0 radical (unpaired) electrons. The van der Waals surface area contributed by atoms with E-state index in [4.69, 9.17) is 10.5 Å². The summed E-state index contributed by atoms with van der Waals surface area (Å²) < 4.78 is 5.03. The molecule has 0 unspecified atom stereocenters. The Hall–Kier alpha value is -1.39. The number of ether oxygens (including phenoxy) is 1. The first kappa shape index (κ1) is 11.7. The highest BCUT2D eigenvalue weighted by Gasteiger charge is 2.09. The Morgan fingerprint density at radius 2 is 2.20 bits per heavy atom. The van der Waals surface area contributed by atoms with Crippen LogP contribution in [0.2, 0.25) is 0 Å². The Morgan fingerprint density at radius 3 is 2.80 bits per heavy atom. The molecule has 0 saturated carbocycles. The SMILES string of the molecule is COCc1ccccc1NC(=O)[C@H](C)N. The lowest BCUT2D eigenvalue weighted by Gasteiger charge is -2.11. The summed E-state index contributed by atoms with van der Waals surface area (Å²) in [6.07, 6.45) is 0. The third-order valence-corrected chi connectivity index (χ3v) is 1.99. The summed E-state index contributed by atoms with van der Waals surface area (Å²) in [5, 5.41) is 2.75. The minimum Gasteiger partial charge on any atom is -0.380 e. The molecule has 0 aliphatic rings. The van der Waals surface area contributed by atoms with Gasteiger partial charge in [0.15, 0.2) is 0 Å². The number of benzene rings is 1. The van der Waals surface area contributed by atoms with Gasteiger partial charge >= 0.3 is 0 Å². The van der Waals surface area contributed by atoms with Gasteiger partial charge in [-0.15, -0.1) is 0 Å². The molecule has 0 bridgehead atoms. The largest absolute Gasteiger partial charge is 0.380 e. The fourth-order valence-corrected chi connectivity index (χ4v) is 1.17. The molecule has 0 fully saturated rings. The first-order valence-corrected chi connectivity index (χ1v) is 4.78. The third kappa shape index (κ3) is 3.34. The van der Waals surface area contributed by atoms with Gasteiger partial charge in [0, 0.05) is 18.4 Å². The van der Waals surface area contributed by atoms with E-state index in [1.165, 1.54) is 0 Å². The minimum absolute atomic E-state index is 0.196. The van der Waals surface area contributed by atoms with Crippen molar-refractivity contribution in [2.75, 3.05) is 12.4 Å². The average Bonchev–Trinajstić information content (AvgIpc) is 2.21. The number of para-hydroxylation sites is 1. The van der Waals surface area contributed by atoms with Gasteiger partial charge in [0.25, 0.3) is 0 Å². The van der Waals surface area contributed by atoms with Crippen LogP contribution in [-0.4, -0.2) is 19.1 Å². The van der Waals surface area contributed by atoms with Crippen molar-refractivity contribution in [3.63, 3.8) is 0 Å². The Balaban J connectivity index is 2.79. The Kier molecular flexibility index (Phi) is 4.27. The summed E-state index contributed by atoms with van der Waals surface area (Å²) in [5.74, 6) is -0.196. The maximum absolute atomic E-state index is 11.4. The fourth-order valence-electron chi connectivity index (χ4n) is 1.17. The number of nitrogens with one attached hydrogen (secondary N) is 1. The second-order valence-corrected chi connectivity index (χ2v) is 3.37. The second-order valence-electron chi connectivity index (χ2n) is 3.37. The quantitative estimate of drug-likeness (QED) is 0.779. The van der Waals surface area contributed by atoms with Gasteiger partial charge in [0.2, 0.25) is 5.91 Å². The maximum Gasteiger partial charge on any atom is 0.241 e. The summed E-state index contributed by atoms with van der Waals surface area (Å²) in [7, 11) is 1.62. The summed E-state index contributed by atoms with van der Waals surface area (Å²) in [4.78, 5) is 11.4. The van der Waals surface area contributed by atoms with Crippen LogP contribution in [0.3, 0.4) is 0 Å². The van der Waals surface area contributed by atoms with E-state index >= 15 is 0 Å². The molecule has 1 aromatic rings. The Labute approximate surface area is 89.4 Å². The van der Waals surface area contributed by atoms with E-state index in [1.54, 1.807) is 14.0 Å². The summed E-state index contributed by atoms with van der Waals surface area (Å²) in [6.45, 7) is 2.11. The number of nitrogens with two attached hydrogens (primary N) is 1. The third-order valence-electron chi connectivity index (χ3n) is 1.99. The lowest BCUT2D eigenvalue weighted by Crippen LogP contribution is -2.32. The van der Waals surface area contributed by atoms with Crippen LogP contribution in [0.1, 0.15) is 12.5 Å². The molecular weight excluding hydrogens is 192 g/mol. The number of carbonyl (C=O) groups excluding carboxylic acids is 1. The number of anilines is 1. The van der Waals surface area contributed by atoms with E-state index in [9.17, 15) is 4.79 Å². The highest BCUT2D eigenvalue weighted by molar-refractivity contribution is 5.94. The molecule has 15 heavy (non-hydrogen) atoms. The fraction of sp³-hybridized carbons (Fsp3) is 0.364. The van der Waals surface area contributed by atoms with Gasteiger partial charge in [-0.3, -0.25) is 4.79 Å². The highest BCUT2D eigenvalue weighted by atomic mass is 16.5. The van der Waals surface area contributed by atoms with Gasteiger partial charge < -0.3 is 15.8 Å². The zero-order valence-corrected chi connectivity index (χ0v) is 8.99. The number of amides is 1. The first-order chi connectivity index (χ1) is 7.15. The molecule has 0 spiro atoms. The molecule has 0 aromatic heterocycles. The molecule has 82 valence electrons. The van der Waals surface area contributed by atoms with Crippen molar-refractivity contribution in [3.05, 3.63) is 29.8 Å². The molecule has 4 nitrogen and oxygen atoms in total. The van der Waals surface area contributed by atoms with Crippen LogP contribution < -0.4 is 11.1 Å². The van der Waals surface area contributed by atoms with Gasteiger partial charge in [0.05, 0.1) is 12.6 Å². The van der Waals surface area contributed by atoms with E-state index in [-0.39, 0.29) is 5.91 Å². The number of rotatable bonds is 4. The van der Waals surface area contributed by atoms with E-state index in [0.717, 1.165) is 11.3 Å². The molecule has 4 heteroatoms. The van der Waals surface area contributed by atoms with E-state index in [0.29, 0.717) is 6.61 Å². The topological polar surface area (TPSA) is 64.3 Å². The van der Waals surface area contributed by atoms with E-state index < -0.39 is 6.04 Å². The van der Waals surface area contributed by atoms with Crippen LogP contribution in [0.15, 0.2) is 24.3 Å². The molecule has 1 aromatic carbocycles. The number of hydrogen-bond donors (Lipinski definition) is 2. The van der Waals surface area contributed by atoms with Crippen molar-refractivity contribution >= 4 is 11.6 Å². The summed E-state index contributed by atoms with van der Waals surface area (Å²) in [6, 6.07) is 6.97. The van der Waals surface area contributed by atoms with Gasteiger partial charge in [-0.05, 0) is 13.0 Å². The van der Waals surface area contributed by atoms with Gasteiger partial charge in [-0.25, -0.2) is 0 Å².